The molecule has 2 aliphatic heterocycles. The number of alkyl halides is 2. The van der Waals surface area contributed by atoms with Crippen LogP contribution in [0.1, 0.15) is 49.9 Å². The van der Waals surface area contributed by atoms with Gasteiger partial charge in [0.2, 0.25) is 0 Å². The number of imidazole rings is 1. The van der Waals surface area contributed by atoms with Gasteiger partial charge in [0.05, 0.1) is 22.4 Å². The molecule has 0 aliphatic carbocycles. The number of nitrogens with one attached hydrogen (secondary N) is 1. The van der Waals surface area contributed by atoms with E-state index in [2.05, 4.69) is 29.1 Å². The number of nitrogens with zero attached hydrogens (tertiary/aromatic N) is 6. The summed E-state index contributed by atoms with van der Waals surface area (Å²) >= 11 is 0. The predicted molar refractivity (Wildman–Crippen MR) is 136 cm³/mol. The second kappa shape index (κ2) is 9.24. The molecule has 0 saturated carbocycles. The second-order valence-electron chi connectivity index (χ2n) is 10.5. The van der Waals surface area contributed by atoms with E-state index in [0.717, 1.165) is 12.8 Å². The van der Waals surface area contributed by atoms with Gasteiger partial charge in [-0.05, 0) is 24.3 Å². The minimum atomic E-state index is -2.70. The van der Waals surface area contributed by atoms with Gasteiger partial charge in [0.25, 0.3) is 17.5 Å². The van der Waals surface area contributed by atoms with Gasteiger partial charge in [-0.2, -0.15) is 0 Å². The molecule has 1 aromatic carbocycles. The van der Waals surface area contributed by atoms with Gasteiger partial charge in [0.15, 0.2) is 17.3 Å². The molecule has 196 valence electrons. The van der Waals surface area contributed by atoms with Crippen LogP contribution in [-0.2, 0) is 0 Å². The van der Waals surface area contributed by atoms with Gasteiger partial charge in [-0.25, -0.2) is 18.7 Å². The highest BCUT2D eigenvalue weighted by Crippen LogP contribution is 2.36. The highest BCUT2D eigenvalue weighted by atomic mass is 19.3. The van der Waals surface area contributed by atoms with Gasteiger partial charge in [0, 0.05) is 63.5 Å². The highest BCUT2D eigenvalue weighted by Gasteiger charge is 2.35. The first-order valence-corrected chi connectivity index (χ1v) is 12.3. The number of amides is 1. The van der Waals surface area contributed by atoms with Crippen molar-refractivity contribution in [2.45, 2.75) is 45.5 Å². The van der Waals surface area contributed by atoms with Crippen LogP contribution in [0, 0.1) is 15.5 Å². The number of benzene rings is 1. The van der Waals surface area contributed by atoms with Crippen molar-refractivity contribution in [1.29, 1.82) is 0 Å². The standard InChI is InChI=1S/C25H29F2N7O3/c1-24(2)5-10-31(11-6-24)19-15-17(34(36)37)3-4-18(19)23(35)30-20-16-33-14-9-28-21(33)22(29-20)32-12-7-25(26,27)8-13-32/h3-4,9,14-16H,5-8,10-13H2,1-2H3,(H,30,35). The van der Waals surface area contributed by atoms with Gasteiger partial charge in [0.1, 0.15) is 0 Å². The fraction of sp³-hybridized carbons (Fsp3) is 0.480. The third kappa shape index (κ3) is 5.18. The van der Waals surface area contributed by atoms with Crippen molar-refractivity contribution in [2.24, 2.45) is 5.41 Å². The van der Waals surface area contributed by atoms with Gasteiger partial charge in [-0.3, -0.25) is 14.9 Å². The van der Waals surface area contributed by atoms with E-state index in [9.17, 15) is 23.7 Å². The average molecular weight is 514 g/mol. The fourth-order valence-corrected chi connectivity index (χ4v) is 4.86. The summed E-state index contributed by atoms with van der Waals surface area (Å²) in [6, 6.07) is 4.23. The van der Waals surface area contributed by atoms with Crippen LogP contribution < -0.4 is 15.1 Å². The summed E-state index contributed by atoms with van der Waals surface area (Å²) in [5.41, 5.74) is 1.40. The van der Waals surface area contributed by atoms with Crippen LogP contribution in [0.25, 0.3) is 5.65 Å². The molecule has 0 unspecified atom stereocenters. The number of anilines is 3. The Morgan fingerprint density at radius 1 is 1.08 bits per heavy atom. The van der Waals surface area contributed by atoms with Gasteiger partial charge in [-0.15, -0.1) is 0 Å². The van der Waals surface area contributed by atoms with Crippen molar-refractivity contribution >= 4 is 34.6 Å². The molecule has 2 fully saturated rings. The molecule has 2 aliphatic rings. The molecule has 3 aromatic rings. The maximum absolute atomic E-state index is 13.7. The minimum Gasteiger partial charge on any atom is -0.371 e. The zero-order chi connectivity index (χ0) is 26.4. The van der Waals surface area contributed by atoms with Crippen LogP contribution in [0.15, 0.2) is 36.8 Å². The number of aromatic nitrogens is 3. The normalized spacial score (nSPS) is 19.1. The smallest absolute Gasteiger partial charge is 0.271 e. The molecule has 0 radical (unpaired) electrons. The predicted octanol–water partition coefficient (Wildman–Crippen LogP) is 4.75. The lowest BCUT2D eigenvalue weighted by molar-refractivity contribution is -0.384. The fourth-order valence-electron chi connectivity index (χ4n) is 4.86. The molecule has 0 spiro atoms. The number of carbonyl (C=O) groups is 1. The first-order valence-electron chi connectivity index (χ1n) is 12.3. The van der Waals surface area contributed by atoms with Crippen LogP contribution in [-0.4, -0.2) is 57.3 Å². The molecule has 4 heterocycles. The van der Waals surface area contributed by atoms with Crippen molar-refractivity contribution in [3.8, 4) is 0 Å². The van der Waals surface area contributed by atoms with Crippen molar-refractivity contribution in [3.63, 3.8) is 0 Å². The molecule has 10 nitrogen and oxygen atoms in total. The Hall–Kier alpha value is -3.83. The van der Waals surface area contributed by atoms with E-state index < -0.39 is 16.8 Å². The van der Waals surface area contributed by atoms with Crippen molar-refractivity contribution < 1.29 is 18.5 Å². The third-order valence-electron chi connectivity index (χ3n) is 7.29. The first-order chi connectivity index (χ1) is 17.5. The molecule has 2 saturated heterocycles. The Morgan fingerprint density at radius 2 is 1.76 bits per heavy atom. The van der Waals surface area contributed by atoms with Crippen molar-refractivity contribution in [1.82, 2.24) is 14.4 Å². The van der Waals surface area contributed by atoms with Crippen LogP contribution in [0.3, 0.4) is 0 Å². The number of hydrogen-bond donors (Lipinski definition) is 1. The Kier molecular flexibility index (Phi) is 6.20. The Labute approximate surface area is 212 Å². The van der Waals surface area contributed by atoms with Crippen molar-refractivity contribution in [3.05, 3.63) is 52.5 Å². The Morgan fingerprint density at radius 3 is 2.43 bits per heavy atom. The van der Waals surface area contributed by atoms with Crippen LogP contribution >= 0.6 is 0 Å². The summed E-state index contributed by atoms with van der Waals surface area (Å²) in [5.74, 6) is -2.52. The Bertz CT molecular complexity index is 1340. The SMILES string of the molecule is CC1(C)CCN(c2cc([N+](=O)[O-])ccc2C(=O)Nc2cn3ccnc3c(N3CCC(F)(F)CC3)n2)CC1. The Balaban J connectivity index is 1.45. The number of rotatable bonds is 5. The lowest BCUT2D eigenvalue weighted by Gasteiger charge is -2.38. The van der Waals surface area contributed by atoms with E-state index in [1.54, 1.807) is 27.9 Å². The molecule has 0 bridgehead atoms. The second-order valence-corrected chi connectivity index (χ2v) is 10.5. The lowest BCUT2D eigenvalue weighted by atomic mass is 9.82. The van der Waals surface area contributed by atoms with Gasteiger partial charge >= 0.3 is 0 Å². The number of non-ortho nitro benzene ring substituents is 1. The molecule has 0 atom stereocenters. The van der Waals surface area contributed by atoms with E-state index in [1.807, 2.05) is 4.90 Å². The number of carbonyl (C=O) groups excluding carboxylic acids is 1. The molecular formula is C25H29F2N7O3. The molecule has 1 amide bonds. The molecule has 12 heteroatoms. The quantitative estimate of drug-likeness (QED) is 0.387. The summed E-state index contributed by atoms with van der Waals surface area (Å²) in [7, 11) is 0. The van der Waals surface area contributed by atoms with Crippen molar-refractivity contribution in [2.75, 3.05) is 41.3 Å². The summed E-state index contributed by atoms with van der Waals surface area (Å²) in [5, 5.41) is 14.3. The largest absolute Gasteiger partial charge is 0.371 e. The molecule has 1 N–H and O–H groups in total. The van der Waals surface area contributed by atoms with E-state index in [0.29, 0.717) is 35.8 Å². The van der Waals surface area contributed by atoms with E-state index >= 15 is 0 Å². The molecule has 37 heavy (non-hydrogen) atoms. The topological polar surface area (TPSA) is 109 Å². The lowest BCUT2D eigenvalue weighted by Crippen LogP contribution is -2.40. The monoisotopic (exact) mass is 513 g/mol. The number of nitro groups is 1. The number of hydrogen-bond acceptors (Lipinski definition) is 7. The van der Waals surface area contributed by atoms with E-state index in [4.69, 9.17) is 0 Å². The summed E-state index contributed by atoms with van der Waals surface area (Å²) < 4.78 is 29.1. The van der Waals surface area contributed by atoms with Crippen LogP contribution in [0.4, 0.5) is 31.8 Å². The van der Waals surface area contributed by atoms with Gasteiger partial charge in [-0.1, -0.05) is 13.8 Å². The van der Waals surface area contributed by atoms with Gasteiger partial charge < -0.3 is 19.5 Å². The molecular weight excluding hydrogens is 484 g/mol. The molecule has 2 aromatic heterocycles. The zero-order valence-corrected chi connectivity index (χ0v) is 20.8. The molecule has 5 rings (SSSR count). The number of nitro benzene ring substituents is 1. The third-order valence-corrected chi connectivity index (χ3v) is 7.29. The number of piperidine rings is 2. The minimum absolute atomic E-state index is 0.0847. The summed E-state index contributed by atoms with van der Waals surface area (Å²) in [6.45, 7) is 5.97. The van der Waals surface area contributed by atoms with E-state index in [-0.39, 0.29) is 42.9 Å². The van der Waals surface area contributed by atoms with E-state index in [1.165, 1.54) is 18.2 Å². The maximum atomic E-state index is 13.7. The number of halogens is 2. The summed E-state index contributed by atoms with van der Waals surface area (Å²) in [6.07, 6.45) is 6.12. The summed E-state index contributed by atoms with van der Waals surface area (Å²) in [4.78, 5) is 37.1. The first kappa shape index (κ1) is 24.8. The zero-order valence-electron chi connectivity index (χ0n) is 20.8. The van der Waals surface area contributed by atoms with Crippen LogP contribution in [0.5, 0.6) is 0 Å². The maximum Gasteiger partial charge on any atom is 0.271 e. The number of fused-ring (bicyclic) bond motifs is 1. The van der Waals surface area contributed by atoms with Crippen LogP contribution in [0.2, 0.25) is 0 Å². The average Bonchev–Trinajstić information content (AvgIpc) is 3.32. The highest BCUT2D eigenvalue weighted by molar-refractivity contribution is 6.08.